The van der Waals surface area contributed by atoms with E-state index in [-0.39, 0.29) is 5.56 Å². The average Bonchev–Trinajstić information content (AvgIpc) is 2.54. The summed E-state index contributed by atoms with van der Waals surface area (Å²) in [5.74, 6) is -1.26. The van der Waals surface area contributed by atoms with E-state index in [1.54, 1.807) is 18.2 Å². The number of hydrogen-bond donors (Lipinski definition) is 3. The van der Waals surface area contributed by atoms with Gasteiger partial charge in [-0.15, -0.1) is 0 Å². The molecule has 0 spiro atoms. The highest BCUT2D eigenvalue weighted by molar-refractivity contribution is 5.86. The molecule has 0 saturated heterocycles. The van der Waals surface area contributed by atoms with Crippen LogP contribution in [0.2, 0.25) is 0 Å². The molecule has 0 saturated carbocycles. The summed E-state index contributed by atoms with van der Waals surface area (Å²) >= 11 is 0. The zero-order valence-electron chi connectivity index (χ0n) is 12.7. The predicted molar refractivity (Wildman–Crippen MR) is 89.7 cm³/mol. The zero-order chi connectivity index (χ0) is 16.8. The summed E-state index contributed by atoms with van der Waals surface area (Å²) < 4.78 is 0. The lowest BCUT2D eigenvalue weighted by Crippen LogP contribution is -2.14. The Bertz CT molecular complexity index is 822. The fraction of sp³-hybridized carbons (Fsp3) is 0.111. The van der Waals surface area contributed by atoms with E-state index in [0.29, 0.717) is 6.54 Å². The zero-order valence-corrected chi connectivity index (χ0v) is 12.7. The quantitative estimate of drug-likeness (QED) is 0.812. The second kappa shape index (κ2) is 7.38. The number of aryl methyl sites for hydroxylation is 1. The van der Waals surface area contributed by atoms with Crippen molar-refractivity contribution in [3.63, 3.8) is 0 Å². The van der Waals surface area contributed by atoms with Gasteiger partial charge in [0, 0.05) is 12.7 Å². The van der Waals surface area contributed by atoms with E-state index in [0.717, 1.165) is 22.3 Å². The first-order chi connectivity index (χ1) is 11.0. The molecule has 0 radical (unpaired) electrons. The minimum Gasteiger partial charge on any atom is -0.477 e. The lowest BCUT2D eigenvalue weighted by atomic mass is 10.0. The lowest BCUT2D eigenvalue weighted by molar-refractivity contribution is 0.0695. The Morgan fingerprint density at radius 2 is 1.83 bits per heavy atom. The summed E-state index contributed by atoms with van der Waals surface area (Å²) in [5, 5.41) is 9.02. The molecule has 1 heterocycles. The Kier molecular flexibility index (Phi) is 5.28. The molecule has 2 rings (SSSR count). The van der Waals surface area contributed by atoms with Crippen molar-refractivity contribution < 1.29 is 9.90 Å². The van der Waals surface area contributed by atoms with Crippen LogP contribution in [-0.2, 0) is 6.54 Å². The predicted octanol–water partition coefficient (Wildman–Crippen LogP) is 2.63. The molecular weight excluding hydrogens is 292 g/mol. The summed E-state index contributed by atoms with van der Waals surface area (Å²) in [5.41, 5.74) is 8.53. The maximum Gasteiger partial charge on any atom is 0.341 e. The van der Waals surface area contributed by atoms with E-state index in [9.17, 15) is 9.59 Å². The van der Waals surface area contributed by atoms with Crippen LogP contribution in [-0.4, -0.2) is 16.1 Å². The molecule has 5 nitrogen and oxygen atoms in total. The topological polar surface area (TPSA) is 96.2 Å². The van der Waals surface area contributed by atoms with Crippen molar-refractivity contribution in [2.45, 2.75) is 13.5 Å². The van der Waals surface area contributed by atoms with Gasteiger partial charge in [-0.25, -0.2) is 4.79 Å². The number of carboxylic acids is 1. The summed E-state index contributed by atoms with van der Waals surface area (Å²) in [4.78, 5) is 25.3. The maximum atomic E-state index is 11.8. The molecule has 4 N–H and O–H groups in total. The number of carbonyl (C=O) groups is 1. The van der Waals surface area contributed by atoms with Crippen molar-refractivity contribution in [3.05, 3.63) is 81.8 Å². The smallest absolute Gasteiger partial charge is 0.341 e. The van der Waals surface area contributed by atoms with Gasteiger partial charge < -0.3 is 15.8 Å². The fourth-order valence-electron chi connectivity index (χ4n) is 2.18. The highest BCUT2D eigenvalue weighted by Crippen LogP contribution is 2.21. The first-order valence-electron chi connectivity index (χ1n) is 7.12. The van der Waals surface area contributed by atoms with Gasteiger partial charge in [0.05, 0.1) is 0 Å². The molecule has 0 amide bonds. The molecule has 1 aromatic heterocycles. The van der Waals surface area contributed by atoms with Gasteiger partial charge >= 0.3 is 5.97 Å². The van der Waals surface area contributed by atoms with E-state index in [4.69, 9.17) is 10.8 Å². The standard InChI is InChI=1S/C18H18N2O3/c1-12-3-2-4-16(18(22)23)17(21)20-10-9-15(12)14-7-5-13(11-19)6-8-14/h2-10H,11,19H2,1H3,(H,20,21)(H,22,23). The molecule has 0 atom stereocenters. The molecule has 0 bridgehead atoms. The highest BCUT2D eigenvalue weighted by Gasteiger charge is 2.05. The van der Waals surface area contributed by atoms with Crippen molar-refractivity contribution in [2.75, 3.05) is 0 Å². The van der Waals surface area contributed by atoms with E-state index < -0.39 is 11.5 Å². The maximum absolute atomic E-state index is 11.8. The lowest BCUT2D eigenvalue weighted by Gasteiger charge is -2.05. The van der Waals surface area contributed by atoms with Gasteiger partial charge in [0.2, 0.25) is 0 Å². The number of rotatable bonds is 3. The Balaban J connectivity index is 2.62. The van der Waals surface area contributed by atoms with Crippen molar-refractivity contribution in [1.82, 2.24) is 4.98 Å². The van der Waals surface area contributed by atoms with E-state index in [1.807, 2.05) is 31.2 Å². The third-order valence-electron chi connectivity index (χ3n) is 3.47. The van der Waals surface area contributed by atoms with Gasteiger partial charge in [-0.3, -0.25) is 4.79 Å². The fourth-order valence-corrected chi connectivity index (χ4v) is 2.18. The van der Waals surface area contributed by atoms with E-state index >= 15 is 0 Å². The number of H-pyrrole nitrogens is 1. The second-order valence-corrected chi connectivity index (χ2v) is 5.05. The van der Waals surface area contributed by atoms with Crippen LogP contribution in [0.5, 0.6) is 0 Å². The van der Waals surface area contributed by atoms with Crippen LogP contribution in [0.25, 0.3) is 11.1 Å². The van der Waals surface area contributed by atoms with Gasteiger partial charge in [0.1, 0.15) is 5.56 Å². The summed E-state index contributed by atoms with van der Waals surface area (Å²) in [6.07, 6.45) is 1.45. The average molecular weight is 310 g/mol. The molecule has 5 heteroatoms. The number of carboxylic acid groups (broad SMARTS) is 1. The number of aromatic nitrogens is 1. The van der Waals surface area contributed by atoms with Crippen molar-refractivity contribution in [1.29, 1.82) is 0 Å². The molecular formula is C18H18N2O3. The third-order valence-corrected chi connectivity index (χ3v) is 3.47. The first kappa shape index (κ1) is 16.5. The molecule has 0 fully saturated rings. The minimum atomic E-state index is -1.26. The minimum absolute atomic E-state index is 0.311. The van der Waals surface area contributed by atoms with Gasteiger partial charge in [0.25, 0.3) is 5.56 Å². The SMILES string of the molecule is Cc1cccc(C(=O)O)c(=O)[nH]ccc1-c1ccc(CN)cc1. The van der Waals surface area contributed by atoms with Crippen molar-refractivity contribution in [2.24, 2.45) is 5.73 Å². The molecule has 2 aromatic rings. The molecule has 118 valence electrons. The molecule has 23 heavy (non-hydrogen) atoms. The number of aromatic amines is 1. The van der Waals surface area contributed by atoms with Crippen LogP contribution in [0.15, 0.2) is 59.5 Å². The van der Waals surface area contributed by atoms with Crippen molar-refractivity contribution >= 4 is 5.97 Å². The third kappa shape index (κ3) is 4.05. The number of nitrogens with two attached hydrogens (primary N) is 1. The molecule has 1 aromatic carbocycles. The van der Waals surface area contributed by atoms with Gasteiger partial charge in [-0.1, -0.05) is 36.4 Å². The largest absolute Gasteiger partial charge is 0.477 e. The number of nitrogens with one attached hydrogen (secondary N) is 1. The monoisotopic (exact) mass is 310 g/mol. The van der Waals surface area contributed by atoms with E-state index in [2.05, 4.69) is 4.98 Å². The first-order valence-corrected chi connectivity index (χ1v) is 7.12. The van der Waals surface area contributed by atoms with Crippen LogP contribution >= 0.6 is 0 Å². The Morgan fingerprint density at radius 1 is 1.13 bits per heavy atom. The number of benzene rings is 1. The number of aromatic carboxylic acids is 1. The van der Waals surface area contributed by atoms with Gasteiger partial charge in [-0.05, 0) is 41.3 Å². The van der Waals surface area contributed by atoms with Gasteiger partial charge in [-0.2, -0.15) is 0 Å². The molecule has 0 aliphatic rings. The molecule has 0 unspecified atom stereocenters. The van der Waals surface area contributed by atoms with Crippen LogP contribution in [0.4, 0.5) is 0 Å². The Labute approximate surface area is 133 Å². The highest BCUT2D eigenvalue weighted by atomic mass is 16.4. The Morgan fingerprint density at radius 3 is 2.43 bits per heavy atom. The molecule has 0 aliphatic carbocycles. The van der Waals surface area contributed by atoms with Gasteiger partial charge in [0.15, 0.2) is 0 Å². The second-order valence-electron chi connectivity index (χ2n) is 5.05. The van der Waals surface area contributed by atoms with Crippen molar-refractivity contribution in [3.8, 4) is 11.1 Å². The Hall–Kier alpha value is -2.92. The van der Waals surface area contributed by atoms with E-state index in [1.165, 1.54) is 12.3 Å². The summed E-state index contributed by atoms with van der Waals surface area (Å²) in [7, 11) is 0. The van der Waals surface area contributed by atoms with Crippen LogP contribution in [0.3, 0.4) is 0 Å². The van der Waals surface area contributed by atoms with Crippen LogP contribution in [0, 0.1) is 6.92 Å². The number of hydrogen-bond acceptors (Lipinski definition) is 3. The van der Waals surface area contributed by atoms with Crippen LogP contribution in [0.1, 0.15) is 21.5 Å². The summed E-state index contributed by atoms with van der Waals surface area (Å²) in [6, 6.07) is 14.2. The van der Waals surface area contributed by atoms with Crippen LogP contribution < -0.4 is 11.3 Å². The normalized spacial score (nSPS) is 10.0. The molecule has 0 aliphatic heterocycles. The summed E-state index contributed by atoms with van der Waals surface area (Å²) in [6.45, 7) is 2.40.